The minimum atomic E-state index is -0.688. The highest BCUT2D eigenvalue weighted by molar-refractivity contribution is 7.13. The van der Waals surface area contributed by atoms with E-state index < -0.39 is 11.6 Å². The number of benzene rings is 1. The first kappa shape index (κ1) is 21.2. The first-order valence-corrected chi connectivity index (χ1v) is 10.6. The smallest absolute Gasteiger partial charge is 0.321 e. The van der Waals surface area contributed by atoms with Gasteiger partial charge >= 0.3 is 6.03 Å². The number of aromatic nitrogens is 1. The van der Waals surface area contributed by atoms with E-state index in [1.807, 2.05) is 0 Å². The summed E-state index contributed by atoms with van der Waals surface area (Å²) in [6.45, 7) is -0.206. The fraction of sp³-hybridized carbons (Fsp3) is 0.450. The van der Waals surface area contributed by atoms with Crippen LogP contribution in [0.1, 0.15) is 49.8 Å². The molecule has 1 aliphatic carbocycles. The maximum Gasteiger partial charge on any atom is 0.321 e. The lowest BCUT2D eigenvalue weighted by Gasteiger charge is -2.22. The SMILES string of the molecule is O=C(CCc1csc(NC(=O)NC2CCCCC2)n1)NCc1c(F)cccc1F. The van der Waals surface area contributed by atoms with E-state index >= 15 is 0 Å². The van der Waals surface area contributed by atoms with Gasteiger partial charge in [0.1, 0.15) is 11.6 Å². The minimum Gasteiger partial charge on any atom is -0.352 e. The van der Waals surface area contributed by atoms with Gasteiger partial charge in [-0.05, 0) is 31.4 Å². The molecule has 0 spiro atoms. The predicted octanol–water partition coefficient (Wildman–Crippen LogP) is 4.12. The number of thiazole rings is 1. The first-order valence-electron chi connectivity index (χ1n) is 9.73. The molecule has 29 heavy (non-hydrogen) atoms. The Kier molecular flexibility index (Phi) is 7.51. The van der Waals surface area contributed by atoms with Crippen LogP contribution in [0.2, 0.25) is 0 Å². The number of hydrogen-bond acceptors (Lipinski definition) is 4. The Morgan fingerprint density at radius 3 is 2.59 bits per heavy atom. The number of halogens is 2. The standard InChI is InChI=1S/C20H24F2N4O2S/c21-16-7-4-8-17(22)15(16)11-23-18(27)10-9-14-12-29-20(25-14)26-19(28)24-13-5-2-1-3-6-13/h4,7-8,12-13H,1-3,5-6,9-11H2,(H,23,27)(H2,24,25,26,28). The van der Waals surface area contributed by atoms with E-state index in [1.54, 1.807) is 5.38 Å². The molecule has 6 nitrogen and oxygen atoms in total. The van der Waals surface area contributed by atoms with Crippen molar-refractivity contribution in [1.82, 2.24) is 15.6 Å². The van der Waals surface area contributed by atoms with Crippen LogP contribution in [-0.4, -0.2) is 23.0 Å². The third kappa shape index (κ3) is 6.49. The van der Waals surface area contributed by atoms with Crippen LogP contribution in [0.5, 0.6) is 0 Å². The van der Waals surface area contributed by atoms with Crippen LogP contribution in [0.15, 0.2) is 23.6 Å². The Balaban J connectivity index is 1.40. The number of nitrogens with one attached hydrogen (secondary N) is 3. The van der Waals surface area contributed by atoms with Crippen molar-refractivity contribution >= 4 is 28.4 Å². The van der Waals surface area contributed by atoms with Gasteiger partial charge in [-0.3, -0.25) is 10.1 Å². The zero-order valence-corrected chi connectivity index (χ0v) is 16.8. The molecule has 1 aromatic heterocycles. The van der Waals surface area contributed by atoms with Gasteiger partial charge < -0.3 is 10.6 Å². The molecule has 3 amide bonds. The molecule has 9 heteroatoms. The normalized spacial score (nSPS) is 14.4. The van der Waals surface area contributed by atoms with Crippen LogP contribution in [-0.2, 0) is 17.8 Å². The quantitative estimate of drug-likeness (QED) is 0.628. The predicted molar refractivity (Wildman–Crippen MR) is 108 cm³/mol. The average Bonchev–Trinajstić information content (AvgIpc) is 3.14. The van der Waals surface area contributed by atoms with Gasteiger partial charge in [-0.1, -0.05) is 25.3 Å². The lowest BCUT2D eigenvalue weighted by atomic mass is 9.96. The lowest BCUT2D eigenvalue weighted by Crippen LogP contribution is -2.39. The molecule has 1 saturated carbocycles. The van der Waals surface area contributed by atoms with E-state index in [0.29, 0.717) is 17.2 Å². The molecule has 0 radical (unpaired) electrons. The zero-order chi connectivity index (χ0) is 20.6. The first-order chi connectivity index (χ1) is 14.0. The molecule has 2 aromatic rings. The number of carbonyl (C=O) groups is 2. The Hall–Kier alpha value is -2.55. The second-order valence-electron chi connectivity index (χ2n) is 7.05. The molecule has 156 valence electrons. The number of aryl methyl sites for hydroxylation is 1. The Morgan fingerprint density at radius 1 is 1.14 bits per heavy atom. The number of rotatable bonds is 7. The van der Waals surface area contributed by atoms with Crippen LogP contribution in [0.25, 0.3) is 0 Å². The Bertz CT molecular complexity index is 833. The van der Waals surface area contributed by atoms with Gasteiger partial charge in [0.05, 0.1) is 5.69 Å². The number of hydrogen-bond donors (Lipinski definition) is 3. The van der Waals surface area contributed by atoms with Crippen molar-refractivity contribution in [2.45, 2.75) is 57.5 Å². The van der Waals surface area contributed by atoms with Gasteiger partial charge in [0.2, 0.25) is 5.91 Å². The van der Waals surface area contributed by atoms with E-state index in [4.69, 9.17) is 0 Å². The highest BCUT2D eigenvalue weighted by Crippen LogP contribution is 2.19. The Morgan fingerprint density at radius 2 is 1.86 bits per heavy atom. The van der Waals surface area contributed by atoms with Crippen LogP contribution in [0.3, 0.4) is 0 Å². The molecular weight excluding hydrogens is 398 g/mol. The van der Waals surface area contributed by atoms with E-state index in [2.05, 4.69) is 20.9 Å². The number of amides is 3. The summed E-state index contributed by atoms with van der Waals surface area (Å²) < 4.78 is 27.1. The molecule has 3 N–H and O–H groups in total. The van der Waals surface area contributed by atoms with Gasteiger partial charge in [-0.15, -0.1) is 11.3 Å². The summed E-state index contributed by atoms with van der Waals surface area (Å²) in [5.74, 6) is -1.70. The summed E-state index contributed by atoms with van der Waals surface area (Å²) in [6.07, 6.45) is 6.00. The fourth-order valence-electron chi connectivity index (χ4n) is 3.26. The lowest BCUT2D eigenvalue weighted by molar-refractivity contribution is -0.121. The zero-order valence-electron chi connectivity index (χ0n) is 16.0. The van der Waals surface area contributed by atoms with Crippen molar-refractivity contribution < 1.29 is 18.4 Å². The summed E-state index contributed by atoms with van der Waals surface area (Å²) in [7, 11) is 0. The maximum absolute atomic E-state index is 13.6. The van der Waals surface area contributed by atoms with Gasteiger partial charge in [-0.25, -0.2) is 18.6 Å². The molecule has 1 aliphatic rings. The monoisotopic (exact) mass is 422 g/mol. The fourth-order valence-corrected chi connectivity index (χ4v) is 4.00. The summed E-state index contributed by atoms with van der Waals surface area (Å²) >= 11 is 1.29. The van der Waals surface area contributed by atoms with Crippen molar-refractivity contribution in [3.63, 3.8) is 0 Å². The highest BCUT2D eigenvalue weighted by atomic mass is 32.1. The third-order valence-corrected chi connectivity index (χ3v) is 5.65. The van der Waals surface area contributed by atoms with Crippen LogP contribution in [0, 0.1) is 11.6 Å². The molecule has 3 rings (SSSR count). The Labute approximate surface area is 172 Å². The summed E-state index contributed by atoms with van der Waals surface area (Å²) in [5, 5.41) is 10.5. The average molecular weight is 423 g/mol. The minimum absolute atomic E-state index is 0.132. The van der Waals surface area contributed by atoms with Gasteiger partial charge in [-0.2, -0.15) is 0 Å². The van der Waals surface area contributed by atoms with E-state index in [1.165, 1.54) is 23.8 Å². The third-order valence-electron chi connectivity index (χ3n) is 4.84. The van der Waals surface area contributed by atoms with E-state index in [-0.39, 0.29) is 36.5 Å². The number of carbonyl (C=O) groups excluding carboxylic acids is 2. The molecule has 0 aliphatic heterocycles. The second-order valence-corrected chi connectivity index (χ2v) is 7.91. The maximum atomic E-state index is 13.6. The molecule has 0 saturated heterocycles. The highest BCUT2D eigenvalue weighted by Gasteiger charge is 2.16. The second kappa shape index (κ2) is 10.3. The van der Waals surface area contributed by atoms with Crippen LogP contribution < -0.4 is 16.0 Å². The number of urea groups is 1. The van der Waals surface area contributed by atoms with Crippen molar-refractivity contribution in [2.75, 3.05) is 5.32 Å². The van der Waals surface area contributed by atoms with Crippen LogP contribution in [0.4, 0.5) is 18.7 Å². The topological polar surface area (TPSA) is 83.1 Å². The van der Waals surface area contributed by atoms with Gasteiger partial charge in [0.25, 0.3) is 0 Å². The van der Waals surface area contributed by atoms with Crippen molar-refractivity contribution in [3.05, 3.63) is 46.5 Å². The van der Waals surface area contributed by atoms with Crippen molar-refractivity contribution in [3.8, 4) is 0 Å². The van der Waals surface area contributed by atoms with Crippen LogP contribution >= 0.6 is 11.3 Å². The summed E-state index contributed by atoms with van der Waals surface area (Å²) in [6, 6.07) is 3.53. The molecule has 0 bridgehead atoms. The van der Waals surface area contributed by atoms with Gasteiger partial charge in [0.15, 0.2) is 5.13 Å². The van der Waals surface area contributed by atoms with Crippen molar-refractivity contribution in [2.24, 2.45) is 0 Å². The molecular formula is C20H24F2N4O2S. The summed E-state index contributed by atoms with van der Waals surface area (Å²) in [4.78, 5) is 28.3. The molecule has 1 heterocycles. The van der Waals surface area contributed by atoms with Gasteiger partial charge in [0, 0.05) is 30.0 Å². The van der Waals surface area contributed by atoms with E-state index in [9.17, 15) is 18.4 Å². The molecule has 1 aromatic carbocycles. The van der Waals surface area contributed by atoms with Crippen molar-refractivity contribution in [1.29, 1.82) is 0 Å². The summed E-state index contributed by atoms with van der Waals surface area (Å²) in [5.41, 5.74) is 0.514. The molecule has 0 unspecified atom stereocenters. The molecule has 0 atom stereocenters. The largest absolute Gasteiger partial charge is 0.352 e. The number of anilines is 1. The number of nitrogens with zero attached hydrogens (tertiary/aromatic N) is 1. The molecule has 1 fully saturated rings. The van der Waals surface area contributed by atoms with E-state index in [0.717, 1.165) is 37.8 Å².